The monoisotopic (exact) mass is 321 g/mol. The van der Waals surface area contributed by atoms with Gasteiger partial charge in [0.1, 0.15) is 11.5 Å². The number of amides is 1. The predicted octanol–water partition coefficient (Wildman–Crippen LogP) is 2.62. The van der Waals surface area contributed by atoms with Crippen molar-refractivity contribution in [2.75, 3.05) is 20.8 Å². The smallest absolute Gasteiger partial charge is 0.251 e. The molecule has 0 radical (unpaired) electrons. The van der Waals surface area contributed by atoms with Gasteiger partial charge >= 0.3 is 0 Å². The third-order valence-electron chi connectivity index (χ3n) is 3.24. The first-order chi connectivity index (χ1) is 10.6. The normalized spacial score (nSPS) is 11.8. The molecule has 2 aromatic rings. The molecule has 1 heterocycles. The Morgan fingerprint density at radius 3 is 2.50 bits per heavy atom. The second kappa shape index (κ2) is 7.82. The van der Waals surface area contributed by atoms with Crippen LogP contribution in [0.3, 0.4) is 0 Å². The first kappa shape index (κ1) is 16.3. The van der Waals surface area contributed by atoms with E-state index in [0.29, 0.717) is 30.0 Å². The summed E-state index contributed by atoms with van der Waals surface area (Å²) in [6.45, 7) is 0.384. The molecule has 0 fully saturated rings. The van der Waals surface area contributed by atoms with Crippen LogP contribution >= 0.6 is 11.3 Å². The number of methoxy groups -OCH3 is 2. The fourth-order valence-corrected chi connectivity index (χ4v) is 2.70. The molecule has 1 amide bonds. The molecule has 6 heteroatoms. The summed E-state index contributed by atoms with van der Waals surface area (Å²) in [5.41, 5.74) is 1.34. The van der Waals surface area contributed by atoms with Crippen LogP contribution in [0.4, 0.5) is 0 Å². The molecule has 2 rings (SSSR count). The lowest BCUT2D eigenvalue weighted by molar-refractivity contribution is 0.0942. The Morgan fingerprint density at radius 2 is 1.95 bits per heavy atom. The number of nitrogens with one attached hydrogen (secondary N) is 1. The average molecular weight is 321 g/mol. The van der Waals surface area contributed by atoms with E-state index in [1.807, 2.05) is 16.8 Å². The van der Waals surface area contributed by atoms with Gasteiger partial charge in [-0.25, -0.2) is 0 Å². The minimum absolute atomic E-state index is 0.227. The van der Waals surface area contributed by atoms with E-state index in [-0.39, 0.29) is 5.91 Å². The molecule has 0 spiro atoms. The highest BCUT2D eigenvalue weighted by molar-refractivity contribution is 7.07. The molecule has 2 N–H and O–H groups in total. The molecule has 1 aromatic carbocycles. The maximum Gasteiger partial charge on any atom is 0.251 e. The minimum Gasteiger partial charge on any atom is -0.497 e. The van der Waals surface area contributed by atoms with Gasteiger partial charge in [-0.15, -0.1) is 0 Å². The van der Waals surface area contributed by atoms with Crippen LogP contribution in [0, 0.1) is 0 Å². The molecule has 1 aromatic heterocycles. The molecule has 0 saturated carbocycles. The van der Waals surface area contributed by atoms with Crippen LogP contribution in [0.2, 0.25) is 0 Å². The lowest BCUT2D eigenvalue weighted by atomic mass is 10.1. The molecule has 0 bridgehead atoms. The number of rotatable bonds is 7. The Labute approximate surface area is 133 Å². The standard InChI is InChI=1S/C16H19NO4S/c1-20-13-7-12(8-14(9-13)21-2)16(19)17-5-3-15(18)11-4-6-22-10-11/h4,6-10,15,18H,3,5H2,1-2H3,(H,17,19). The Kier molecular flexibility index (Phi) is 5.80. The maximum atomic E-state index is 12.1. The SMILES string of the molecule is COc1cc(OC)cc(C(=O)NCCC(O)c2ccsc2)c1. The molecule has 118 valence electrons. The maximum absolute atomic E-state index is 12.1. The highest BCUT2D eigenvalue weighted by Gasteiger charge is 2.11. The van der Waals surface area contributed by atoms with Crippen molar-refractivity contribution in [3.05, 3.63) is 46.2 Å². The van der Waals surface area contributed by atoms with Crippen molar-refractivity contribution in [3.8, 4) is 11.5 Å². The zero-order valence-corrected chi connectivity index (χ0v) is 13.4. The predicted molar refractivity (Wildman–Crippen MR) is 85.8 cm³/mol. The average Bonchev–Trinajstić information content (AvgIpc) is 3.08. The summed E-state index contributed by atoms with van der Waals surface area (Å²) < 4.78 is 10.3. The quantitative estimate of drug-likeness (QED) is 0.822. The number of aliphatic hydroxyl groups is 1. The van der Waals surface area contributed by atoms with Crippen molar-refractivity contribution in [2.45, 2.75) is 12.5 Å². The van der Waals surface area contributed by atoms with Crippen molar-refractivity contribution < 1.29 is 19.4 Å². The fraction of sp³-hybridized carbons (Fsp3) is 0.312. The van der Waals surface area contributed by atoms with Gasteiger partial charge in [-0.05, 0) is 40.9 Å². The second-order valence-electron chi connectivity index (χ2n) is 4.72. The van der Waals surface area contributed by atoms with Gasteiger partial charge in [0.25, 0.3) is 5.91 Å². The molecule has 5 nitrogen and oxygen atoms in total. The molecular weight excluding hydrogens is 302 g/mol. The molecule has 0 aliphatic heterocycles. The van der Waals surface area contributed by atoms with Crippen LogP contribution < -0.4 is 14.8 Å². The van der Waals surface area contributed by atoms with Gasteiger partial charge in [0.15, 0.2) is 0 Å². The van der Waals surface area contributed by atoms with Crippen LogP contribution in [-0.4, -0.2) is 31.8 Å². The van der Waals surface area contributed by atoms with Crippen molar-refractivity contribution in [1.29, 1.82) is 0 Å². The second-order valence-corrected chi connectivity index (χ2v) is 5.50. The minimum atomic E-state index is -0.564. The Bertz CT molecular complexity index is 590. The molecule has 1 atom stereocenters. The van der Waals surface area contributed by atoms with Crippen LogP contribution in [0.5, 0.6) is 11.5 Å². The van der Waals surface area contributed by atoms with Crippen molar-refractivity contribution in [1.82, 2.24) is 5.32 Å². The van der Waals surface area contributed by atoms with Crippen LogP contribution in [-0.2, 0) is 0 Å². The van der Waals surface area contributed by atoms with Gasteiger partial charge in [-0.1, -0.05) is 0 Å². The third-order valence-corrected chi connectivity index (χ3v) is 3.95. The number of hydrogen-bond donors (Lipinski definition) is 2. The van der Waals surface area contributed by atoms with Crippen LogP contribution in [0.1, 0.15) is 28.4 Å². The van der Waals surface area contributed by atoms with Gasteiger partial charge in [0.2, 0.25) is 0 Å². The van der Waals surface area contributed by atoms with E-state index in [1.54, 1.807) is 18.2 Å². The van der Waals surface area contributed by atoms with Crippen LogP contribution in [0.25, 0.3) is 0 Å². The van der Waals surface area contributed by atoms with Gasteiger partial charge in [-0.3, -0.25) is 4.79 Å². The highest BCUT2D eigenvalue weighted by Crippen LogP contribution is 2.22. The summed E-state index contributed by atoms with van der Waals surface area (Å²) in [6.07, 6.45) is -0.102. The van der Waals surface area contributed by atoms with E-state index >= 15 is 0 Å². The molecule has 1 unspecified atom stereocenters. The topological polar surface area (TPSA) is 67.8 Å². The number of thiophene rings is 1. The van der Waals surface area contributed by atoms with Gasteiger partial charge in [0.05, 0.1) is 20.3 Å². The summed E-state index contributed by atoms with van der Waals surface area (Å²) in [5, 5.41) is 16.6. The van der Waals surface area contributed by atoms with E-state index in [0.717, 1.165) is 5.56 Å². The summed E-state index contributed by atoms with van der Waals surface area (Å²) in [4.78, 5) is 12.1. The summed E-state index contributed by atoms with van der Waals surface area (Å²) in [5.74, 6) is 0.889. The summed E-state index contributed by atoms with van der Waals surface area (Å²) >= 11 is 1.54. The van der Waals surface area contributed by atoms with Crippen LogP contribution in [0.15, 0.2) is 35.0 Å². The number of carbonyl (C=O) groups is 1. The first-order valence-corrected chi connectivity index (χ1v) is 7.79. The lowest BCUT2D eigenvalue weighted by Gasteiger charge is -2.11. The first-order valence-electron chi connectivity index (χ1n) is 6.85. The van der Waals surface area contributed by atoms with Gasteiger partial charge < -0.3 is 19.9 Å². The number of ether oxygens (including phenoxy) is 2. The molecule has 0 saturated heterocycles. The Balaban J connectivity index is 1.92. The van der Waals surface area contributed by atoms with Crippen molar-refractivity contribution in [3.63, 3.8) is 0 Å². The Hall–Kier alpha value is -2.05. The Morgan fingerprint density at radius 1 is 1.27 bits per heavy atom. The van der Waals surface area contributed by atoms with Crippen molar-refractivity contribution in [2.24, 2.45) is 0 Å². The molecule has 22 heavy (non-hydrogen) atoms. The van der Waals surface area contributed by atoms with E-state index in [4.69, 9.17) is 9.47 Å². The number of aliphatic hydroxyl groups excluding tert-OH is 1. The van der Waals surface area contributed by atoms with E-state index in [9.17, 15) is 9.90 Å². The van der Waals surface area contributed by atoms with Gasteiger partial charge in [-0.2, -0.15) is 11.3 Å². The zero-order chi connectivity index (χ0) is 15.9. The summed E-state index contributed by atoms with van der Waals surface area (Å²) in [7, 11) is 3.07. The molecule has 0 aliphatic carbocycles. The molecular formula is C16H19NO4S. The van der Waals surface area contributed by atoms with Crippen molar-refractivity contribution >= 4 is 17.2 Å². The number of hydrogen-bond acceptors (Lipinski definition) is 5. The summed E-state index contributed by atoms with van der Waals surface area (Å²) in [6, 6.07) is 6.88. The number of benzene rings is 1. The van der Waals surface area contributed by atoms with E-state index < -0.39 is 6.10 Å². The van der Waals surface area contributed by atoms with E-state index in [1.165, 1.54) is 25.6 Å². The lowest BCUT2D eigenvalue weighted by Crippen LogP contribution is -2.25. The fourth-order valence-electron chi connectivity index (χ4n) is 1.99. The highest BCUT2D eigenvalue weighted by atomic mass is 32.1. The van der Waals surface area contributed by atoms with E-state index in [2.05, 4.69) is 5.32 Å². The number of carbonyl (C=O) groups excluding carboxylic acids is 1. The van der Waals surface area contributed by atoms with Gasteiger partial charge in [0, 0.05) is 18.2 Å². The zero-order valence-electron chi connectivity index (χ0n) is 12.5. The molecule has 0 aliphatic rings. The third kappa shape index (κ3) is 4.22. The largest absolute Gasteiger partial charge is 0.497 e.